The van der Waals surface area contributed by atoms with Crippen molar-refractivity contribution in [2.75, 3.05) is 18.8 Å². The summed E-state index contributed by atoms with van der Waals surface area (Å²) in [5.74, 6) is 0.196. The number of rotatable bonds is 4. The van der Waals surface area contributed by atoms with Crippen LogP contribution in [0.3, 0.4) is 0 Å². The monoisotopic (exact) mass is 353 g/mol. The fourth-order valence-corrected chi connectivity index (χ4v) is 4.45. The van der Waals surface area contributed by atoms with E-state index < -0.39 is 0 Å². The molecule has 1 aliphatic rings. The Morgan fingerprint density at radius 3 is 2.64 bits per heavy atom. The number of nitrogens with two attached hydrogens (primary N) is 1. The molecule has 0 aliphatic carbocycles. The van der Waals surface area contributed by atoms with Crippen molar-refractivity contribution in [1.82, 2.24) is 9.88 Å². The zero-order chi connectivity index (χ0) is 17.2. The van der Waals surface area contributed by atoms with Gasteiger partial charge in [0.2, 0.25) is 0 Å². The molecule has 0 amide bonds. The number of nitrogen functional groups attached to an aromatic ring is 1. The summed E-state index contributed by atoms with van der Waals surface area (Å²) in [7, 11) is 0. The Labute approximate surface area is 150 Å². The van der Waals surface area contributed by atoms with Crippen LogP contribution in [0.5, 0.6) is 0 Å². The molecule has 25 heavy (non-hydrogen) atoms. The summed E-state index contributed by atoms with van der Waals surface area (Å²) in [6.45, 7) is 3.04. The molecule has 128 valence electrons. The first kappa shape index (κ1) is 16.2. The van der Waals surface area contributed by atoms with Gasteiger partial charge in [0.25, 0.3) is 0 Å². The first-order chi connectivity index (χ1) is 12.2. The van der Waals surface area contributed by atoms with Gasteiger partial charge in [-0.3, -0.25) is 4.90 Å². The van der Waals surface area contributed by atoms with Crippen molar-refractivity contribution < 1.29 is 4.39 Å². The average molecular weight is 353 g/mol. The average Bonchev–Trinajstić information content (AvgIpc) is 3.23. The molecule has 1 atom stereocenters. The zero-order valence-corrected chi connectivity index (χ0v) is 14.7. The number of nitrogens with zero attached hydrogens (tertiary/aromatic N) is 2. The molecule has 0 spiro atoms. The Kier molecular flexibility index (Phi) is 4.51. The third-order valence-electron chi connectivity index (χ3n) is 4.68. The quantitative estimate of drug-likeness (QED) is 0.750. The molecule has 2 heterocycles. The van der Waals surface area contributed by atoms with Gasteiger partial charge in [-0.15, -0.1) is 11.3 Å². The highest BCUT2D eigenvalue weighted by atomic mass is 32.1. The van der Waals surface area contributed by atoms with Crippen LogP contribution in [0.1, 0.15) is 22.8 Å². The molecule has 1 aromatic heterocycles. The van der Waals surface area contributed by atoms with E-state index in [-0.39, 0.29) is 5.82 Å². The Bertz CT molecular complexity index is 845. The molecule has 0 radical (unpaired) electrons. The van der Waals surface area contributed by atoms with Crippen molar-refractivity contribution in [3.05, 3.63) is 70.9 Å². The summed E-state index contributed by atoms with van der Waals surface area (Å²) in [6, 6.07) is 17.1. The highest BCUT2D eigenvalue weighted by Gasteiger charge is 2.28. The van der Waals surface area contributed by atoms with Gasteiger partial charge in [0.15, 0.2) is 5.13 Å². The van der Waals surface area contributed by atoms with E-state index in [0.29, 0.717) is 11.0 Å². The number of benzene rings is 2. The number of likely N-dealkylation sites (tertiary alicyclic amines) is 1. The summed E-state index contributed by atoms with van der Waals surface area (Å²) in [5.41, 5.74) is 9.18. The van der Waals surface area contributed by atoms with Crippen molar-refractivity contribution >= 4 is 16.5 Å². The van der Waals surface area contributed by atoms with Crippen molar-refractivity contribution in [2.45, 2.75) is 18.9 Å². The van der Waals surface area contributed by atoms with Crippen LogP contribution in [0.4, 0.5) is 9.52 Å². The fourth-order valence-electron chi connectivity index (χ4n) is 3.47. The van der Waals surface area contributed by atoms with E-state index >= 15 is 0 Å². The van der Waals surface area contributed by atoms with E-state index in [4.69, 9.17) is 5.73 Å². The molecule has 3 nitrogen and oxygen atoms in total. The van der Waals surface area contributed by atoms with Gasteiger partial charge < -0.3 is 5.73 Å². The van der Waals surface area contributed by atoms with E-state index in [1.54, 1.807) is 23.5 Å². The van der Waals surface area contributed by atoms with Gasteiger partial charge >= 0.3 is 0 Å². The predicted molar refractivity (Wildman–Crippen MR) is 101 cm³/mol. The van der Waals surface area contributed by atoms with Gasteiger partial charge in [0.1, 0.15) is 5.82 Å². The second-order valence-electron chi connectivity index (χ2n) is 6.48. The van der Waals surface area contributed by atoms with Crippen LogP contribution in [0, 0.1) is 5.82 Å². The van der Waals surface area contributed by atoms with Crippen LogP contribution in [0.25, 0.3) is 11.3 Å². The molecule has 4 rings (SSSR count). The number of aromatic nitrogens is 1. The maximum Gasteiger partial charge on any atom is 0.180 e. The molecule has 1 saturated heterocycles. The lowest BCUT2D eigenvalue weighted by Gasteiger charge is -2.16. The second kappa shape index (κ2) is 6.94. The van der Waals surface area contributed by atoms with Crippen molar-refractivity contribution in [3.8, 4) is 11.3 Å². The van der Waals surface area contributed by atoms with E-state index in [2.05, 4.69) is 34.1 Å². The first-order valence-electron chi connectivity index (χ1n) is 8.47. The third kappa shape index (κ3) is 3.57. The van der Waals surface area contributed by atoms with Crippen LogP contribution >= 0.6 is 11.3 Å². The lowest BCUT2D eigenvalue weighted by Crippen LogP contribution is -2.19. The van der Waals surface area contributed by atoms with Crippen molar-refractivity contribution in [2.24, 2.45) is 0 Å². The van der Waals surface area contributed by atoms with Crippen LogP contribution in [-0.4, -0.2) is 23.0 Å². The van der Waals surface area contributed by atoms with E-state index in [9.17, 15) is 4.39 Å². The molecule has 0 saturated carbocycles. The topological polar surface area (TPSA) is 42.1 Å². The minimum Gasteiger partial charge on any atom is -0.375 e. The highest BCUT2D eigenvalue weighted by Crippen LogP contribution is 2.39. The van der Waals surface area contributed by atoms with E-state index in [1.165, 1.54) is 22.6 Å². The Morgan fingerprint density at radius 2 is 1.88 bits per heavy atom. The second-order valence-corrected chi connectivity index (χ2v) is 7.54. The van der Waals surface area contributed by atoms with Crippen LogP contribution in [0.2, 0.25) is 0 Å². The molecule has 1 fully saturated rings. The van der Waals surface area contributed by atoms with Gasteiger partial charge in [-0.2, -0.15) is 0 Å². The fraction of sp³-hybridized carbons (Fsp3) is 0.250. The summed E-state index contributed by atoms with van der Waals surface area (Å²) < 4.78 is 13.2. The Balaban J connectivity index is 1.54. The van der Waals surface area contributed by atoms with Gasteiger partial charge in [0.05, 0.1) is 5.69 Å². The van der Waals surface area contributed by atoms with E-state index in [0.717, 1.165) is 37.3 Å². The SMILES string of the molecule is Nc1nc(-c2ccc(F)cc2)c(C2CCN(Cc3ccccc3)C2)s1. The molecule has 3 aromatic rings. The van der Waals surface area contributed by atoms with Crippen molar-refractivity contribution in [1.29, 1.82) is 0 Å². The standard InChI is InChI=1S/C20H20FN3S/c21-17-8-6-15(7-9-17)18-19(25-20(22)23-18)16-10-11-24(13-16)12-14-4-2-1-3-5-14/h1-9,16H,10-13H2,(H2,22,23). The number of hydrogen-bond donors (Lipinski definition) is 1. The number of halogens is 1. The molecule has 0 bridgehead atoms. The Hall–Kier alpha value is -2.24. The minimum absolute atomic E-state index is 0.233. The number of thiazole rings is 1. The molecule has 5 heteroatoms. The summed E-state index contributed by atoms with van der Waals surface area (Å²) in [6.07, 6.45) is 1.10. The Morgan fingerprint density at radius 1 is 1.12 bits per heavy atom. The maximum absolute atomic E-state index is 13.2. The first-order valence-corrected chi connectivity index (χ1v) is 9.29. The van der Waals surface area contributed by atoms with Crippen LogP contribution in [0.15, 0.2) is 54.6 Å². The molecular formula is C20H20FN3S. The van der Waals surface area contributed by atoms with Crippen molar-refractivity contribution in [3.63, 3.8) is 0 Å². The van der Waals surface area contributed by atoms with E-state index in [1.807, 2.05) is 6.07 Å². The summed E-state index contributed by atoms with van der Waals surface area (Å²) in [4.78, 5) is 8.22. The van der Waals surface area contributed by atoms with Gasteiger partial charge in [-0.25, -0.2) is 9.37 Å². The molecular weight excluding hydrogens is 333 g/mol. The number of hydrogen-bond acceptors (Lipinski definition) is 4. The molecule has 1 aliphatic heterocycles. The molecule has 2 aromatic carbocycles. The van der Waals surface area contributed by atoms with Gasteiger partial charge in [-0.05, 0) is 42.8 Å². The molecule has 1 unspecified atom stereocenters. The van der Waals surface area contributed by atoms with Gasteiger partial charge in [0, 0.05) is 29.4 Å². The zero-order valence-electron chi connectivity index (χ0n) is 13.9. The molecule has 2 N–H and O–H groups in total. The maximum atomic E-state index is 13.2. The lowest BCUT2D eigenvalue weighted by atomic mass is 10.0. The third-order valence-corrected chi connectivity index (χ3v) is 5.73. The van der Waals surface area contributed by atoms with Crippen LogP contribution < -0.4 is 5.73 Å². The minimum atomic E-state index is -0.233. The van der Waals surface area contributed by atoms with Gasteiger partial charge in [-0.1, -0.05) is 30.3 Å². The summed E-state index contributed by atoms with van der Waals surface area (Å²) in [5, 5.41) is 0.579. The number of anilines is 1. The highest BCUT2D eigenvalue weighted by molar-refractivity contribution is 7.15. The van der Waals surface area contributed by atoms with Crippen LogP contribution in [-0.2, 0) is 6.54 Å². The summed E-state index contributed by atoms with van der Waals surface area (Å²) >= 11 is 1.57. The largest absolute Gasteiger partial charge is 0.375 e. The smallest absolute Gasteiger partial charge is 0.180 e. The normalized spacial score (nSPS) is 17.9. The lowest BCUT2D eigenvalue weighted by molar-refractivity contribution is 0.327. The predicted octanol–water partition coefficient (Wildman–Crippen LogP) is 4.52.